The first-order valence-corrected chi connectivity index (χ1v) is 4.63. The van der Waals surface area contributed by atoms with E-state index in [-0.39, 0.29) is 10.6 Å². The first-order valence-electron chi connectivity index (χ1n) is 4.25. The van der Waals surface area contributed by atoms with Crippen molar-refractivity contribution in [2.24, 2.45) is 5.92 Å². The molecule has 0 aliphatic heterocycles. The first-order chi connectivity index (χ1) is 6.12. The summed E-state index contributed by atoms with van der Waals surface area (Å²) in [6.45, 7) is 0. The highest BCUT2D eigenvalue weighted by atomic mass is 35.5. The Labute approximate surface area is 80.5 Å². The zero-order valence-corrected chi connectivity index (χ0v) is 7.69. The van der Waals surface area contributed by atoms with E-state index in [1.807, 2.05) is 0 Å². The molecule has 0 amide bonds. The van der Waals surface area contributed by atoms with Crippen LogP contribution < -0.4 is 0 Å². The van der Waals surface area contributed by atoms with Gasteiger partial charge in [0.05, 0.1) is 0 Å². The van der Waals surface area contributed by atoms with Gasteiger partial charge in [-0.1, -0.05) is 29.8 Å². The van der Waals surface area contributed by atoms with E-state index in [0.29, 0.717) is 12.8 Å². The van der Waals surface area contributed by atoms with Crippen molar-refractivity contribution < 1.29 is 8.78 Å². The summed E-state index contributed by atoms with van der Waals surface area (Å²) in [5, 5.41) is 0.166. The smallest absolute Gasteiger partial charge is 0.201 e. The Kier molecular flexibility index (Phi) is 2.03. The molecule has 1 saturated carbocycles. The fraction of sp³-hybridized carbons (Fsp3) is 0.400. The van der Waals surface area contributed by atoms with Crippen LogP contribution >= 0.6 is 11.6 Å². The predicted molar refractivity (Wildman–Crippen MR) is 48.1 cm³/mol. The molecule has 70 valence electrons. The molecule has 1 aliphatic rings. The van der Waals surface area contributed by atoms with Gasteiger partial charge in [0, 0.05) is 16.5 Å². The second-order valence-corrected chi connectivity index (χ2v) is 3.78. The maximum Gasteiger partial charge on any atom is 0.277 e. The summed E-state index contributed by atoms with van der Waals surface area (Å²) in [4.78, 5) is 0. The van der Waals surface area contributed by atoms with Gasteiger partial charge in [-0.05, 0) is 18.9 Å². The molecule has 0 nitrogen and oxygen atoms in total. The van der Waals surface area contributed by atoms with Crippen LogP contribution in [0, 0.1) is 5.92 Å². The summed E-state index contributed by atoms with van der Waals surface area (Å²) < 4.78 is 27.0. The summed E-state index contributed by atoms with van der Waals surface area (Å²) in [5.41, 5.74) is -0.0285. The number of rotatable bonds is 2. The Hall–Kier alpha value is -0.630. The molecule has 0 atom stereocenters. The third-order valence-corrected chi connectivity index (χ3v) is 2.65. The van der Waals surface area contributed by atoms with E-state index in [1.165, 1.54) is 12.1 Å². The topological polar surface area (TPSA) is 0 Å². The van der Waals surface area contributed by atoms with Crippen LogP contribution in [0.2, 0.25) is 5.02 Å². The van der Waals surface area contributed by atoms with Gasteiger partial charge in [-0.25, -0.2) is 8.78 Å². The molecule has 0 radical (unpaired) electrons. The highest BCUT2D eigenvalue weighted by molar-refractivity contribution is 6.31. The van der Waals surface area contributed by atoms with Crippen molar-refractivity contribution in [3.63, 3.8) is 0 Å². The minimum Gasteiger partial charge on any atom is -0.201 e. The molecule has 1 aliphatic carbocycles. The number of halogens is 3. The van der Waals surface area contributed by atoms with E-state index in [1.54, 1.807) is 12.1 Å². The molecule has 1 aromatic carbocycles. The van der Waals surface area contributed by atoms with Crippen LogP contribution in [0.4, 0.5) is 8.78 Å². The summed E-state index contributed by atoms with van der Waals surface area (Å²) in [7, 11) is 0. The molecule has 13 heavy (non-hydrogen) atoms. The van der Waals surface area contributed by atoms with Crippen LogP contribution in [0.25, 0.3) is 0 Å². The normalized spacial score (nSPS) is 17.5. The fourth-order valence-corrected chi connectivity index (χ4v) is 1.66. The molecule has 3 heteroatoms. The van der Waals surface area contributed by atoms with Crippen molar-refractivity contribution in [3.05, 3.63) is 34.9 Å². The van der Waals surface area contributed by atoms with Crippen LogP contribution in [0.3, 0.4) is 0 Å². The molecular weight excluding hydrogens is 194 g/mol. The van der Waals surface area contributed by atoms with Crippen LogP contribution in [0.1, 0.15) is 18.4 Å². The summed E-state index contributed by atoms with van der Waals surface area (Å²) in [6.07, 6.45) is 1.22. The van der Waals surface area contributed by atoms with Gasteiger partial charge in [-0.2, -0.15) is 0 Å². The van der Waals surface area contributed by atoms with Crippen molar-refractivity contribution in [3.8, 4) is 0 Å². The lowest BCUT2D eigenvalue weighted by atomic mass is 10.0. The molecule has 0 aromatic heterocycles. The van der Waals surface area contributed by atoms with Crippen LogP contribution in [0.15, 0.2) is 24.3 Å². The Morgan fingerprint density at radius 3 is 2.38 bits per heavy atom. The monoisotopic (exact) mass is 202 g/mol. The van der Waals surface area contributed by atoms with E-state index in [2.05, 4.69) is 0 Å². The van der Waals surface area contributed by atoms with Crippen LogP contribution in [-0.4, -0.2) is 0 Å². The number of benzene rings is 1. The molecule has 2 rings (SSSR count). The maximum absolute atomic E-state index is 13.5. The third-order valence-electron chi connectivity index (χ3n) is 2.32. The number of alkyl halides is 2. The molecule has 1 fully saturated rings. The SMILES string of the molecule is FC(F)(c1ccccc1Cl)C1CC1. The molecule has 1 aromatic rings. The number of hydrogen-bond acceptors (Lipinski definition) is 0. The van der Waals surface area contributed by atoms with Gasteiger partial charge in [0.1, 0.15) is 0 Å². The highest BCUT2D eigenvalue weighted by Crippen LogP contribution is 2.51. The second kappa shape index (κ2) is 2.95. The van der Waals surface area contributed by atoms with Gasteiger partial charge in [-0.15, -0.1) is 0 Å². The Bertz CT molecular complexity index is 318. The first kappa shape index (κ1) is 8.95. The van der Waals surface area contributed by atoms with Crippen molar-refractivity contribution in [2.45, 2.75) is 18.8 Å². The van der Waals surface area contributed by atoms with Gasteiger partial charge >= 0.3 is 0 Å². The van der Waals surface area contributed by atoms with Crippen LogP contribution in [-0.2, 0) is 5.92 Å². The summed E-state index contributed by atoms with van der Waals surface area (Å²) in [6, 6.07) is 6.17. The highest BCUT2D eigenvalue weighted by Gasteiger charge is 2.48. The van der Waals surface area contributed by atoms with Crippen molar-refractivity contribution in [2.75, 3.05) is 0 Å². The quantitative estimate of drug-likeness (QED) is 0.684. The third kappa shape index (κ3) is 1.55. The van der Waals surface area contributed by atoms with Gasteiger partial charge in [0.25, 0.3) is 5.92 Å². The zero-order valence-electron chi connectivity index (χ0n) is 6.93. The molecule has 0 bridgehead atoms. The Morgan fingerprint density at radius 2 is 1.85 bits per heavy atom. The molecular formula is C10H9ClF2. The minimum absolute atomic E-state index is 0.0285. The minimum atomic E-state index is -2.74. The Balaban J connectivity index is 2.38. The average molecular weight is 203 g/mol. The Morgan fingerprint density at radius 1 is 1.23 bits per heavy atom. The molecule has 0 saturated heterocycles. The summed E-state index contributed by atoms with van der Waals surface area (Å²) >= 11 is 5.70. The molecule has 0 unspecified atom stereocenters. The zero-order chi connectivity index (χ0) is 9.47. The van der Waals surface area contributed by atoms with E-state index in [4.69, 9.17) is 11.6 Å². The van der Waals surface area contributed by atoms with E-state index in [9.17, 15) is 8.78 Å². The predicted octanol–water partition coefficient (Wildman–Crippen LogP) is 3.84. The van der Waals surface area contributed by atoms with Crippen LogP contribution in [0.5, 0.6) is 0 Å². The molecule has 0 N–H and O–H groups in total. The summed E-state index contributed by atoms with van der Waals surface area (Å²) in [5.74, 6) is -3.23. The van der Waals surface area contributed by atoms with Crippen molar-refractivity contribution in [1.29, 1.82) is 0 Å². The van der Waals surface area contributed by atoms with E-state index < -0.39 is 11.8 Å². The lowest BCUT2D eigenvalue weighted by Crippen LogP contribution is -2.16. The molecule has 0 spiro atoms. The fourth-order valence-electron chi connectivity index (χ4n) is 1.40. The van der Waals surface area contributed by atoms with Gasteiger partial charge in [-0.3, -0.25) is 0 Å². The van der Waals surface area contributed by atoms with Crippen molar-refractivity contribution in [1.82, 2.24) is 0 Å². The standard InChI is InChI=1S/C10H9ClF2/c11-9-4-2-1-3-8(9)10(12,13)7-5-6-7/h1-4,7H,5-6H2. The average Bonchev–Trinajstić information content (AvgIpc) is 2.86. The second-order valence-electron chi connectivity index (χ2n) is 3.38. The number of hydrogen-bond donors (Lipinski definition) is 0. The largest absolute Gasteiger partial charge is 0.277 e. The van der Waals surface area contributed by atoms with Crippen molar-refractivity contribution >= 4 is 11.6 Å². The van der Waals surface area contributed by atoms with Gasteiger partial charge < -0.3 is 0 Å². The van der Waals surface area contributed by atoms with E-state index >= 15 is 0 Å². The van der Waals surface area contributed by atoms with Gasteiger partial charge in [0.15, 0.2) is 0 Å². The molecule has 0 heterocycles. The maximum atomic E-state index is 13.5. The van der Waals surface area contributed by atoms with E-state index in [0.717, 1.165) is 0 Å². The lowest BCUT2D eigenvalue weighted by Gasteiger charge is -2.16. The lowest BCUT2D eigenvalue weighted by molar-refractivity contribution is -0.0284. The van der Waals surface area contributed by atoms with Gasteiger partial charge in [0.2, 0.25) is 0 Å².